The smallest absolute Gasteiger partial charge is 0.191 e. The molecule has 0 bridgehead atoms. The van der Waals surface area contributed by atoms with E-state index in [0.717, 1.165) is 11.3 Å². The number of anilines is 1. The van der Waals surface area contributed by atoms with Crippen LogP contribution in [0.5, 0.6) is 5.75 Å². The molecule has 0 aliphatic heterocycles. The van der Waals surface area contributed by atoms with Crippen LogP contribution in [0.3, 0.4) is 0 Å². The van der Waals surface area contributed by atoms with Crippen LogP contribution in [0, 0.1) is 12.7 Å². The Morgan fingerprint density at radius 3 is 2.55 bits per heavy atom. The summed E-state index contributed by atoms with van der Waals surface area (Å²) in [5.74, 6) is -0.451. The first-order chi connectivity index (χ1) is 14.0. The summed E-state index contributed by atoms with van der Waals surface area (Å²) in [7, 11) is 0. The van der Waals surface area contributed by atoms with E-state index in [1.54, 1.807) is 24.3 Å². The van der Waals surface area contributed by atoms with Crippen LogP contribution in [0.25, 0.3) is 0 Å². The van der Waals surface area contributed by atoms with Crippen molar-refractivity contribution in [3.63, 3.8) is 0 Å². The molecule has 0 amide bonds. The predicted molar refractivity (Wildman–Crippen MR) is 117 cm³/mol. The van der Waals surface area contributed by atoms with Gasteiger partial charge in [0, 0.05) is 11.3 Å². The molecule has 0 heterocycles. The second-order valence-corrected chi connectivity index (χ2v) is 6.49. The topological polar surface area (TPSA) is 81.4 Å². The lowest BCUT2D eigenvalue weighted by Crippen LogP contribution is -2.23. The van der Waals surface area contributed by atoms with Crippen molar-refractivity contribution in [3.05, 3.63) is 83.7 Å². The number of phenolic OH excluding ortho intramolecular Hbond substituents is 1. The third kappa shape index (κ3) is 5.91. The average Bonchev–Trinajstić information content (AvgIpc) is 2.71. The largest absolute Gasteiger partial charge is 0.507 e. The van der Waals surface area contributed by atoms with Gasteiger partial charge in [0.15, 0.2) is 10.9 Å². The molecule has 0 spiro atoms. The van der Waals surface area contributed by atoms with Crippen LogP contribution in [0.1, 0.15) is 11.1 Å². The lowest BCUT2D eigenvalue weighted by Gasteiger charge is -2.07. The van der Waals surface area contributed by atoms with Crippen molar-refractivity contribution in [1.29, 1.82) is 0 Å². The first kappa shape index (κ1) is 20.1. The van der Waals surface area contributed by atoms with E-state index in [0.29, 0.717) is 16.4 Å². The van der Waals surface area contributed by atoms with Crippen LogP contribution in [-0.2, 0) is 0 Å². The average molecular weight is 407 g/mol. The summed E-state index contributed by atoms with van der Waals surface area (Å²) in [6, 6.07) is 18.4. The normalized spacial score (nSPS) is 11.1. The van der Waals surface area contributed by atoms with Gasteiger partial charge in [0.05, 0.1) is 11.9 Å². The van der Waals surface area contributed by atoms with Crippen molar-refractivity contribution in [2.45, 2.75) is 6.92 Å². The molecule has 8 heteroatoms. The van der Waals surface area contributed by atoms with Gasteiger partial charge < -0.3 is 10.4 Å². The summed E-state index contributed by atoms with van der Waals surface area (Å²) < 4.78 is 13.6. The van der Waals surface area contributed by atoms with E-state index < -0.39 is 5.82 Å². The van der Waals surface area contributed by atoms with E-state index in [4.69, 9.17) is 12.2 Å². The van der Waals surface area contributed by atoms with E-state index >= 15 is 0 Å². The summed E-state index contributed by atoms with van der Waals surface area (Å²) in [5, 5.41) is 25.2. The molecular formula is C21H18FN5OS. The Bertz CT molecular complexity index is 1070. The molecule has 3 aromatic carbocycles. The highest BCUT2D eigenvalue weighted by molar-refractivity contribution is 7.80. The van der Waals surface area contributed by atoms with E-state index in [1.807, 2.05) is 31.2 Å². The van der Waals surface area contributed by atoms with E-state index in [1.165, 1.54) is 24.4 Å². The highest BCUT2D eigenvalue weighted by atomic mass is 32.1. The Labute approximate surface area is 172 Å². The lowest BCUT2D eigenvalue weighted by atomic mass is 10.2. The second-order valence-electron chi connectivity index (χ2n) is 6.08. The molecule has 0 aromatic heterocycles. The van der Waals surface area contributed by atoms with Gasteiger partial charge in [-0.05, 0) is 61.6 Å². The molecule has 6 nitrogen and oxygen atoms in total. The van der Waals surface area contributed by atoms with E-state index in [-0.39, 0.29) is 11.4 Å². The number of nitrogens with zero attached hydrogens (tertiary/aromatic N) is 3. The summed E-state index contributed by atoms with van der Waals surface area (Å²) in [6.07, 6.45) is 1.40. The maximum atomic E-state index is 13.6. The number of phenols is 1. The van der Waals surface area contributed by atoms with Crippen LogP contribution in [-0.4, -0.2) is 16.4 Å². The second kappa shape index (κ2) is 9.52. The highest BCUT2D eigenvalue weighted by Gasteiger charge is 2.02. The number of azo groups is 1. The van der Waals surface area contributed by atoms with Crippen molar-refractivity contribution in [2.24, 2.45) is 15.3 Å². The standard InChI is InChI=1S/C21H18FN5OS/c1-14-6-8-16(9-7-14)24-21(29)27-23-13-15-12-17(10-11-20(15)28)25-26-19-5-3-2-4-18(19)22/h2-13,28H,1H3,(H2,24,27,29)/b23-13+,26-25?. The zero-order valence-electron chi connectivity index (χ0n) is 15.5. The zero-order chi connectivity index (χ0) is 20.6. The van der Waals surface area contributed by atoms with Crippen LogP contribution in [0.15, 0.2) is 82.1 Å². The first-order valence-corrected chi connectivity index (χ1v) is 9.08. The van der Waals surface area contributed by atoms with E-state index in [2.05, 4.69) is 26.1 Å². The number of hydrogen-bond acceptors (Lipinski definition) is 5. The van der Waals surface area contributed by atoms with Gasteiger partial charge in [-0.3, -0.25) is 5.43 Å². The molecule has 0 unspecified atom stereocenters. The number of nitrogens with one attached hydrogen (secondary N) is 2. The molecule has 0 aliphatic rings. The number of halogens is 1. The monoisotopic (exact) mass is 407 g/mol. The van der Waals surface area contributed by atoms with Crippen molar-refractivity contribution in [3.8, 4) is 5.75 Å². The molecule has 3 aromatic rings. The molecule has 0 radical (unpaired) electrons. The molecule has 3 N–H and O–H groups in total. The summed E-state index contributed by atoms with van der Waals surface area (Å²) in [4.78, 5) is 0. The van der Waals surface area contributed by atoms with Gasteiger partial charge in [0.25, 0.3) is 0 Å². The fourth-order valence-corrected chi connectivity index (χ4v) is 2.48. The molecule has 3 rings (SSSR count). The Kier molecular flexibility index (Phi) is 6.59. The minimum atomic E-state index is -0.462. The van der Waals surface area contributed by atoms with Gasteiger partial charge in [0.1, 0.15) is 11.4 Å². The molecule has 0 fully saturated rings. The molecule has 146 valence electrons. The van der Waals surface area contributed by atoms with Gasteiger partial charge >= 0.3 is 0 Å². The molecular weight excluding hydrogens is 389 g/mol. The molecule has 0 saturated carbocycles. The fourth-order valence-electron chi connectivity index (χ4n) is 2.31. The van der Waals surface area contributed by atoms with Crippen molar-refractivity contribution < 1.29 is 9.50 Å². The number of hydrogen-bond donors (Lipinski definition) is 3. The van der Waals surface area contributed by atoms with Gasteiger partial charge in [0.2, 0.25) is 0 Å². The van der Waals surface area contributed by atoms with Gasteiger partial charge in [-0.1, -0.05) is 29.8 Å². The molecule has 0 atom stereocenters. The number of hydrazone groups is 1. The summed E-state index contributed by atoms with van der Waals surface area (Å²) in [6.45, 7) is 2.00. The number of benzene rings is 3. The maximum Gasteiger partial charge on any atom is 0.191 e. The Balaban J connectivity index is 1.64. The SMILES string of the molecule is Cc1ccc(NC(=S)N/N=C/c2cc(N=Nc3ccccc3F)ccc2O)cc1. The Morgan fingerprint density at radius 2 is 1.79 bits per heavy atom. The molecule has 29 heavy (non-hydrogen) atoms. The minimum absolute atomic E-state index is 0.0119. The van der Waals surface area contributed by atoms with Gasteiger partial charge in [-0.25, -0.2) is 4.39 Å². The minimum Gasteiger partial charge on any atom is -0.507 e. The Hall–Kier alpha value is -3.65. The maximum absolute atomic E-state index is 13.6. The van der Waals surface area contributed by atoms with Crippen LogP contribution in [0.2, 0.25) is 0 Å². The Morgan fingerprint density at radius 1 is 1.03 bits per heavy atom. The summed E-state index contributed by atoms with van der Waals surface area (Å²) in [5.41, 5.74) is 5.64. The van der Waals surface area contributed by atoms with Crippen LogP contribution in [0.4, 0.5) is 21.5 Å². The molecule has 0 saturated heterocycles. The zero-order valence-corrected chi connectivity index (χ0v) is 16.3. The quantitative estimate of drug-likeness (QED) is 0.223. The van der Waals surface area contributed by atoms with Crippen molar-refractivity contribution >= 4 is 40.6 Å². The van der Waals surface area contributed by atoms with Crippen molar-refractivity contribution in [2.75, 3.05) is 5.32 Å². The van der Waals surface area contributed by atoms with Gasteiger partial charge in [-0.2, -0.15) is 10.2 Å². The third-order valence-corrected chi connectivity index (χ3v) is 4.01. The van der Waals surface area contributed by atoms with Crippen molar-refractivity contribution in [1.82, 2.24) is 5.43 Å². The lowest BCUT2D eigenvalue weighted by molar-refractivity contribution is 0.474. The molecule has 0 aliphatic carbocycles. The number of aryl methyl sites for hydroxylation is 1. The fraction of sp³-hybridized carbons (Fsp3) is 0.0476. The predicted octanol–water partition coefficient (Wildman–Crippen LogP) is 5.58. The van der Waals surface area contributed by atoms with E-state index in [9.17, 15) is 9.50 Å². The highest BCUT2D eigenvalue weighted by Crippen LogP contribution is 2.25. The third-order valence-electron chi connectivity index (χ3n) is 3.82. The van der Waals surface area contributed by atoms with Crippen LogP contribution >= 0.6 is 12.2 Å². The summed E-state index contributed by atoms with van der Waals surface area (Å²) >= 11 is 5.18. The van der Waals surface area contributed by atoms with Crippen LogP contribution < -0.4 is 10.7 Å². The number of aromatic hydroxyl groups is 1. The number of thiocarbonyl (C=S) groups is 1. The van der Waals surface area contributed by atoms with Gasteiger partial charge in [-0.15, -0.1) is 5.11 Å². The first-order valence-electron chi connectivity index (χ1n) is 8.67. The number of rotatable bonds is 5.